The van der Waals surface area contributed by atoms with Crippen LogP contribution in [0.1, 0.15) is 29.3 Å². The fourth-order valence-electron chi connectivity index (χ4n) is 3.23. The van der Waals surface area contributed by atoms with Crippen molar-refractivity contribution >= 4 is 32.5 Å². The largest absolute Gasteiger partial charge is 0.345 e. The first-order valence-corrected chi connectivity index (χ1v) is 11.2. The molecule has 0 unspecified atom stereocenters. The van der Waals surface area contributed by atoms with E-state index in [1.54, 1.807) is 31.3 Å². The van der Waals surface area contributed by atoms with Gasteiger partial charge in [0, 0.05) is 35.1 Å². The highest BCUT2D eigenvalue weighted by Crippen LogP contribution is 2.29. The third kappa shape index (κ3) is 4.06. The van der Waals surface area contributed by atoms with Gasteiger partial charge in [-0.05, 0) is 36.8 Å². The summed E-state index contributed by atoms with van der Waals surface area (Å²) in [5.74, 6) is -3.49. The van der Waals surface area contributed by atoms with E-state index in [0.717, 1.165) is 12.1 Å². The van der Waals surface area contributed by atoms with Crippen LogP contribution >= 0.6 is 0 Å². The Kier molecular flexibility index (Phi) is 5.66. The molecule has 32 heavy (non-hydrogen) atoms. The van der Waals surface area contributed by atoms with E-state index in [4.69, 9.17) is 0 Å². The smallest absolute Gasteiger partial charge is 0.232 e. The third-order valence-corrected chi connectivity index (χ3v) is 6.17. The Balaban J connectivity index is 1.77. The lowest BCUT2D eigenvalue weighted by Gasteiger charge is -2.11. The molecule has 1 aromatic carbocycles. The lowest BCUT2D eigenvalue weighted by Crippen LogP contribution is -2.19. The van der Waals surface area contributed by atoms with Crippen LogP contribution in [0.2, 0.25) is 0 Å². The van der Waals surface area contributed by atoms with E-state index < -0.39 is 38.7 Å². The second kappa shape index (κ2) is 8.42. The van der Waals surface area contributed by atoms with Gasteiger partial charge in [-0.15, -0.1) is 0 Å². The second-order valence-corrected chi connectivity index (χ2v) is 8.81. The van der Waals surface area contributed by atoms with E-state index >= 15 is 4.39 Å². The third-order valence-electron chi connectivity index (χ3n) is 4.71. The van der Waals surface area contributed by atoms with Crippen LogP contribution < -0.4 is 4.72 Å². The Morgan fingerprint density at radius 3 is 2.72 bits per heavy atom. The lowest BCUT2D eigenvalue weighted by atomic mass is 10.0. The van der Waals surface area contributed by atoms with Crippen LogP contribution in [0.3, 0.4) is 0 Å². The molecule has 0 amide bonds. The molecule has 0 atom stereocenters. The number of halogens is 2. The minimum Gasteiger partial charge on any atom is -0.345 e. The number of fused-ring (bicyclic) bond motifs is 1. The Morgan fingerprint density at radius 2 is 2.00 bits per heavy atom. The maximum atomic E-state index is 15.1. The van der Waals surface area contributed by atoms with Gasteiger partial charge in [0.1, 0.15) is 17.2 Å². The molecule has 3 aromatic heterocycles. The number of benzene rings is 1. The molecule has 0 aliphatic carbocycles. The normalized spacial score (nSPS) is 11.6. The summed E-state index contributed by atoms with van der Waals surface area (Å²) in [5.41, 5.74) is 0.223. The van der Waals surface area contributed by atoms with Crippen LogP contribution in [0.4, 0.5) is 14.5 Å². The Bertz CT molecular complexity index is 1420. The number of nitrogens with zero attached hydrogens (tertiary/aromatic N) is 3. The van der Waals surface area contributed by atoms with Crippen molar-refractivity contribution in [2.24, 2.45) is 0 Å². The molecule has 0 spiro atoms. The van der Waals surface area contributed by atoms with Gasteiger partial charge in [0.25, 0.3) is 0 Å². The van der Waals surface area contributed by atoms with Crippen LogP contribution in [0.15, 0.2) is 48.9 Å². The van der Waals surface area contributed by atoms with Gasteiger partial charge in [-0.2, -0.15) is 10.2 Å². The summed E-state index contributed by atoms with van der Waals surface area (Å²) in [5, 5.41) is 8.22. The molecule has 0 saturated carbocycles. The molecule has 0 aliphatic rings. The second-order valence-electron chi connectivity index (χ2n) is 6.97. The van der Waals surface area contributed by atoms with Gasteiger partial charge in [0.05, 0.1) is 17.0 Å². The predicted octanol–water partition coefficient (Wildman–Crippen LogP) is 3.68. The van der Waals surface area contributed by atoms with Gasteiger partial charge in [-0.3, -0.25) is 9.52 Å². The monoisotopic (exact) mass is 457 g/mol. The number of H-pyrrole nitrogens is 1. The molecule has 0 saturated heterocycles. The van der Waals surface area contributed by atoms with Crippen molar-refractivity contribution in [3.05, 3.63) is 71.7 Å². The fraction of sp³-hybridized carbons (Fsp3) is 0.143. The number of aromatic nitrogens is 4. The van der Waals surface area contributed by atoms with Crippen molar-refractivity contribution in [3.63, 3.8) is 0 Å². The van der Waals surface area contributed by atoms with Crippen LogP contribution in [0.5, 0.6) is 0 Å². The minimum absolute atomic E-state index is 0.0890. The molecule has 3 heterocycles. The Morgan fingerprint density at radius 1 is 1.19 bits per heavy atom. The molecular weight excluding hydrogens is 440 g/mol. The van der Waals surface area contributed by atoms with Crippen molar-refractivity contribution in [2.75, 3.05) is 10.5 Å². The highest BCUT2D eigenvalue weighted by atomic mass is 32.2. The van der Waals surface area contributed by atoms with E-state index in [0.29, 0.717) is 22.3 Å². The van der Waals surface area contributed by atoms with Crippen molar-refractivity contribution in [3.8, 4) is 11.3 Å². The van der Waals surface area contributed by atoms with E-state index in [1.165, 1.54) is 12.4 Å². The highest BCUT2D eigenvalue weighted by Gasteiger charge is 2.25. The lowest BCUT2D eigenvalue weighted by molar-refractivity contribution is 0.103. The molecule has 0 fully saturated rings. The van der Waals surface area contributed by atoms with Gasteiger partial charge in [0.15, 0.2) is 11.6 Å². The maximum absolute atomic E-state index is 15.1. The zero-order valence-corrected chi connectivity index (χ0v) is 17.6. The predicted molar refractivity (Wildman–Crippen MR) is 115 cm³/mol. The van der Waals surface area contributed by atoms with Crippen LogP contribution in [0.25, 0.3) is 22.3 Å². The average molecular weight is 457 g/mol. The van der Waals surface area contributed by atoms with Crippen LogP contribution in [0, 0.1) is 11.6 Å². The number of carbonyl (C=O) groups is 1. The van der Waals surface area contributed by atoms with E-state index in [-0.39, 0.29) is 17.7 Å². The number of pyridine rings is 1. The van der Waals surface area contributed by atoms with Gasteiger partial charge in [-0.25, -0.2) is 22.2 Å². The molecule has 0 bridgehead atoms. The average Bonchev–Trinajstić information content (AvgIpc) is 3.20. The summed E-state index contributed by atoms with van der Waals surface area (Å²) in [6, 6.07) is 6.90. The van der Waals surface area contributed by atoms with E-state index in [1.807, 2.05) is 4.72 Å². The molecular formula is C21H17F2N5O3S. The summed E-state index contributed by atoms with van der Waals surface area (Å²) < 4.78 is 55.2. The fourth-order valence-corrected chi connectivity index (χ4v) is 4.37. The zero-order chi connectivity index (χ0) is 22.9. The molecule has 4 rings (SSSR count). The minimum atomic E-state index is -3.97. The molecule has 4 aromatic rings. The summed E-state index contributed by atoms with van der Waals surface area (Å²) in [4.78, 5) is 20.2. The number of nitrogens with one attached hydrogen (secondary N) is 2. The van der Waals surface area contributed by atoms with Gasteiger partial charge in [0.2, 0.25) is 10.0 Å². The number of hydrogen-bond acceptors (Lipinski definition) is 6. The molecule has 11 heteroatoms. The molecule has 0 aliphatic heterocycles. The topological polar surface area (TPSA) is 118 Å². The van der Waals surface area contributed by atoms with E-state index in [2.05, 4.69) is 20.2 Å². The van der Waals surface area contributed by atoms with Crippen molar-refractivity contribution < 1.29 is 22.0 Å². The first-order valence-electron chi connectivity index (χ1n) is 9.59. The quantitative estimate of drug-likeness (QED) is 0.409. The van der Waals surface area contributed by atoms with Crippen molar-refractivity contribution in [1.82, 2.24) is 20.2 Å². The van der Waals surface area contributed by atoms with Gasteiger partial charge >= 0.3 is 0 Å². The summed E-state index contributed by atoms with van der Waals surface area (Å²) in [6.07, 6.45) is 4.69. The van der Waals surface area contributed by atoms with E-state index in [9.17, 15) is 17.6 Å². The van der Waals surface area contributed by atoms with Crippen molar-refractivity contribution in [2.45, 2.75) is 13.3 Å². The number of rotatable bonds is 7. The van der Waals surface area contributed by atoms with Crippen LogP contribution in [-0.4, -0.2) is 40.1 Å². The molecule has 0 radical (unpaired) electrons. The number of aromatic amines is 1. The Hall–Kier alpha value is -3.73. The number of carbonyl (C=O) groups excluding carboxylic acids is 1. The van der Waals surface area contributed by atoms with Crippen molar-refractivity contribution in [1.29, 1.82) is 0 Å². The van der Waals surface area contributed by atoms with Gasteiger partial charge in [-0.1, -0.05) is 6.92 Å². The van der Waals surface area contributed by atoms with Crippen LogP contribution in [-0.2, 0) is 10.0 Å². The summed E-state index contributed by atoms with van der Waals surface area (Å²) in [6.45, 7) is 1.62. The zero-order valence-electron chi connectivity index (χ0n) is 16.8. The maximum Gasteiger partial charge on any atom is 0.232 e. The highest BCUT2D eigenvalue weighted by molar-refractivity contribution is 7.92. The summed E-state index contributed by atoms with van der Waals surface area (Å²) in [7, 11) is -3.97. The van der Waals surface area contributed by atoms with Gasteiger partial charge < -0.3 is 4.98 Å². The first kappa shape index (κ1) is 21.5. The standard InChI is InChI=1S/C21H17F2N5O3S/c1-2-8-32(30,31)28-19-16(22)6-5-13(18(19)23)20(29)15-11-25-21-14(15)9-12(10-24-21)17-4-3-7-26-27-17/h3-7,9-11,28H,2,8H2,1H3,(H,24,25). The number of hydrogen-bond donors (Lipinski definition) is 2. The Labute approximate surface area is 181 Å². The number of ketones is 1. The first-order chi connectivity index (χ1) is 15.3. The molecule has 2 N–H and O–H groups in total. The summed E-state index contributed by atoms with van der Waals surface area (Å²) >= 11 is 0. The molecule has 164 valence electrons. The molecule has 8 nitrogen and oxygen atoms in total. The number of anilines is 1. The SMILES string of the molecule is CCCS(=O)(=O)Nc1c(F)ccc(C(=O)c2c[nH]c3ncc(-c4cccnn4)cc23)c1F. The number of sulfonamides is 1.